The smallest absolute Gasteiger partial charge is 0.242 e. The summed E-state index contributed by atoms with van der Waals surface area (Å²) in [4.78, 5) is 14.8. The number of aromatic nitrogens is 4. The van der Waals surface area contributed by atoms with Gasteiger partial charge in [0, 0.05) is 18.3 Å². The minimum atomic E-state index is -0.147. The quantitative estimate of drug-likeness (QED) is 0.882. The first-order chi connectivity index (χ1) is 11.6. The number of hydrogen-bond donors (Lipinski definition) is 2. The van der Waals surface area contributed by atoms with E-state index in [9.17, 15) is 4.79 Å². The molecule has 1 atom stereocenters. The lowest BCUT2D eigenvalue weighted by molar-refractivity contribution is -0.121. The summed E-state index contributed by atoms with van der Waals surface area (Å²) in [6, 6.07) is 1.91. The minimum Gasteiger partial charge on any atom is -0.310 e. The Bertz CT molecular complexity index is 654. The molecule has 0 aromatic carbocycles. The molecule has 2 aromatic rings. The number of anilines is 1. The van der Waals surface area contributed by atoms with Crippen LogP contribution in [0.5, 0.6) is 0 Å². The second-order valence-corrected chi connectivity index (χ2v) is 6.76. The SMILES string of the molecule is CC(C(=O)Nc1ccnn1C(C)C)N1CCC(c2cn[nH]c2)CC1. The van der Waals surface area contributed by atoms with Crippen LogP contribution in [0.15, 0.2) is 24.7 Å². The van der Waals surface area contributed by atoms with Gasteiger partial charge in [-0.2, -0.15) is 10.2 Å². The van der Waals surface area contributed by atoms with E-state index < -0.39 is 0 Å². The van der Waals surface area contributed by atoms with Crippen LogP contribution >= 0.6 is 0 Å². The molecule has 0 bridgehead atoms. The summed E-state index contributed by atoms with van der Waals surface area (Å²) in [5.41, 5.74) is 1.27. The molecule has 0 radical (unpaired) electrons. The Morgan fingerprint density at radius 3 is 2.71 bits per heavy atom. The lowest BCUT2D eigenvalue weighted by atomic mass is 9.91. The maximum absolute atomic E-state index is 12.6. The number of carbonyl (C=O) groups is 1. The van der Waals surface area contributed by atoms with E-state index >= 15 is 0 Å². The number of nitrogens with zero attached hydrogens (tertiary/aromatic N) is 4. The van der Waals surface area contributed by atoms with Crippen molar-refractivity contribution in [1.29, 1.82) is 0 Å². The Labute approximate surface area is 142 Å². The zero-order valence-electron chi connectivity index (χ0n) is 14.6. The van der Waals surface area contributed by atoms with Gasteiger partial charge in [-0.15, -0.1) is 0 Å². The second-order valence-electron chi connectivity index (χ2n) is 6.76. The van der Waals surface area contributed by atoms with Crippen LogP contribution in [0, 0.1) is 0 Å². The maximum atomic E-state index is 12.6. The molecule has 7 nitrogen and oxygen atoms in total. The van der Waals surface area contributed by atoms with Gasteiger partial charge in [0.25, 0.3) is 0 Å². The third kappa shape index (κ3) is 3.51. The third-order valence-corrected chi connectivity index (χ3v) is 4.86. The molecule has 2 N–H and O–H groups in total. The lowest BCUT2D eigenvalue weighted by Gasteiger charge is -2.35. The number of piperidine rings is 1. The summed E-state index contributed by atoms with van der Waals surface area (Å²) < 4.78 is 1.83. The van der Waals surface area contributed by atoms with Crippen molar-refractivity contribution in [2.24, 2.45) is 0 Å². The highest BCUT2D eigenvalue weighted by molar-refractivity contribution is 5.93. The Kier molecular flexibility index (Phi) is 4.99. The molecule has 130 valence electrons. The molecule has 1 fully saturated rings. The highest BCUT2D eigenvalue weighted by atomic mass is 16.2. The molecule has 1 amide bonds. The summed E-state index contributed by atoms with van der Waals surface area (Å²) in [6.07, 6.45) is 7.71. The molecular weight excluding hydrogens is 304 g/mol. The molecule has 1 aliphatic rings. The van der Waals surface area contributed by atoms with Crippen molar-refractivity contribution in [2.45, 2.75) is 51.6 Å². The van der Waals surface area contributed by atoms with Crippen LogP contribution < -0.4 is 5.32 Å². The van der Waals surface area contributed by atoms with Crippen molar-refractivity contribution in [1.82, 2.24) is 24.9 Å². The number of likely N-dealkylation sites (tertiary alicyclic amines) is 1. The van der Waals surface area contributed by atoms with Gasteiger partial charge in [0.2, 0.25) is 5.91 Å². The molecule has 24 heavy (non-hydrogen) atoms. The topological polar surface area (TPSA) is 78.8 Å². The highest BCUT2D eigenvalue weighted by Crippen LogP contribution is 2.28. The van der Waals surface area contributed by atoms with Crippen LogP contribution in [0.3, 0.4) is 0 Å². The zero-order chi connectivity index (χ0) is 17.1. The average Bonchev–Trinajstić information content (AvgIpc) is 3.26. The van der Waals surface area contributed by atoms with Gasteiger partial charge >= 0.3 is 0 Å². The monoisotopic (exact) mass is 330 g/mol. The summed E-state index contributed by atoms with van der Waals surface area (Å²) in [5, 5.41) is 14.2. The summed E-state index contributed by atoms with van der Waals surface area (Å²) in [7, 11) is 0. The van der Waals surface area contributed by atoms with Crippen molar-refractivity contribution in [3.05, 3.63) is 30.2 Å². The highest BCUT2D eigenvalue weighted by Gasteiger charge is 2.28. The van der Waals surface area contributed by atoms with Gasteiger partial charge in [0.15, 0.2) is 0 Å². The Morgan fingerprint density at radius 2 is 2.08 bits per heavy atom. The minimum absolute atomic E-state index is 0.0270. The summed E-state index contributed by atoms with van der Waals surface area (Å²) >= 11 is 0. The van der Waals surface area contributed by atoms with Gasteiger partial charge in [0.1, 0.15) is 5.82 Å². The predicted molar refractivity (Wildman–Crippen MR) is 92.8 cm³/mol. The van der Waals surface area contributed by atoms with Crippen LogP contribution in [0.1, 0.15) is 51.1 Å². The molecule has 0 saturated carbocycles. The number of hydrogen-bond acceptors (Lipinski definition) is 4. The fourth-order valence-electron chi connectivity index (χ4n) is 3.33. The van der Waals surface area contributed by atoms with Gasteiger partial charge in [-0.1, -0.05) is 0 Å². The van der Waals surface area contributed by atoms with E-state index in [1.54, 1.807) is 6.20 Å². The van der Waals surface area contributed by atoms with Gasteiger partial charge in [-0.05, 0) is 58.2 Å². The van der Waals surface area contributed by atoms with Crippen molar-refractivity contribution in [3.63, 3.8) is 0 Å². The standard InChI is InChI=1S/C17H26N6O/c1-12(2)23-16(4-7-20-23)21-17(24)13(3)22-8-5-14(6-9-22)15-10-18-19-11-15/h4,7,10-14H,5-6,8-9H2,1-3H3,(H,18,19)(H,21,24). The summed E-state index contributed by atoms with van der Waals surface area (Å²) in [6.45, 7) is 7.92. The van der Waals surface area contributed by atoms with Crippen LogP contribution in [0.2, 0.25) is 0 Å². The molecule has 1 saturated heterocycles. The normalized spacial score (nSPS) is 18.0. The van der Waals surface area contributed by atoms with E-state index in [2.05, 4.69) is 25.5 Å². The van der Waals surface area contributed by atoms with Crippen LogP contribution in [-0.4, -0.2) is 49.9 Å². The first kappa shape index (κ1) is 16.7. The number of H-pyrrole nitrogens is 1. The van der Waals surface area contributed by atoms with Gasteiger partial charge in [-0.3, -0.25) is 14.8 Å². The van der Waals surface area contributed by atoms with E-state index in [1.165, 1.54) is 5.56 Å². The van der Waals surface area contributed by atoms with Crippen LogP contribution in [-0.2, 0) is 4.79 Å². The molecule has 0 aliphatic carbocycles. The van der Waals surface area contributed by atoms with Gasteiger partial charge < -0.3 is 5.32 Å². The first-order valence-electron chi connectivity index (χ1n) is 8.63. The molecular formula is C17H26N6O. The Morgan fingerprint density at radius 1 is 1.33 bits per heavy atom. The second kappa shape index (κ2) is 7.17. The van der Waals surface area contributed by atoms with Crippen LogP contribution in [0.4, 0.5) is 5.82 Å². The lowest BCUT2D eigenvalue weighted by Crippen LogP contribution is -2.46. The molecule has 1 aliphatic heterocycles. The van der Waals surface area contributed by atoms with Gasteiger partial charge in [0.05, 0.1) is 18.4 Å². The van der Waals surface area contributed by atoms with Crippen molar-refractivity contribution in [3.8, 4) is 0 Å². The Hall–Kier alpha value is -2.15. The van der Waals surface area contributed by atoms with Crippen molar-refractivity contribution < 1.29 is 4.79 Å². The Balaban J connectivity index is 1.56. The molecule has 3 rings (SSSR count). The van der Waals surface area contributed by atoms with E-state index in [-0.39, 0.29) is 18.0 Å². The molecule has 7 heteroatoms. The van der Waals surface area contributed by atoms with E-state index in [0.717, 1.165) is 31.7 Å². The fraction of sp³-hybridized carbons (Fsp3) is 0.588. The van der Waals surface area contributed by atoms with Crippen LogP contribution in [0.25, 0.3) is 0 Å². The molecule has 1 unspecified atom stereocenters. The zero-order valence-corrected chi connectivity index (χ0v) is 14.6. The predicted octanol–water partition coefficient (Wildman–Crippen LogP) is 2.39. The third-order valence-electron chi connectivity index (χ3n) is 4.86. The van der Waals surface area contributed by atoms with Crippen molar-refractivity contribution in [2.75, 3.05) is 18.4 Å². The van der Waals surface area contributed by atoms with Gasteiger partial charge in [-0.25, -0.2) is 4.68 Å². The molecule has 0 spiro atoms. The van der Waals surface area contributed by atoms with E-state index in [0.29, 0.717) is 5.92 Å². The average molecular weight is 330 g/mol. The molecule has 2 aromatic heterocycles. The van der Waals surface area contributed by atoms with E-state index in [4.69, 9.17) is 0 Å². The number of aromatic amines is 1. The summed E-state index contributed by atoms with van der Waals surface area (Å²) in [5.74, 6) is 1.33. The largest absolute Gasteiger partial charge is 0.310 e. The number of carbonyl (C=O) groups excluding carboxylic acids is 1. The van der Waals surface area contributed by atoms with Crippen molar-refractivity contribution >= 4 is 11.7 Å². The number of nitrogens with one attached hydrogen (secondary N) is 2. The van der Waals surface area contributed by atoms with E-state index in [1.807, 2.05) is 43.9 Å². The fourth-order valence-corrected chi connectivity index (χ4v) is 3.33. The number of rotatable bonds is 5. The number of amides is 1. The molecule has 3 heterocycles. The first-order valence-corrected chi connectivity index (χ1v) is 8.63. The maximum Gasteiger partial charge on any atom is 0.242 e.